The predicted octanol–water partition coefficient (Wildman–Crippen LogP) is 10.5. The van der Waals surface area contributed by atoms with E-state index >= 15 is 0 Å². The summed E-state index contributed by atoms with van der Waals surface area (Å²) in [7, 11) is 0. The second-order valence-electron chi connectivity index (χ2n) is 12.6. The van der Waals surface area contributed by atoms with E-state index in [0.717, 1.165) is 28.4 Å². The van der Waals surface area contributed by atoms with Gasteiger partial charge in [0.2, 0.25) is 0 Å². The van der Waals surface area contributed by atoms with Gasteiger partial charge in [0.1, 0.15) is 0 Å². The van der Waals surface area contributed by atoms with Crippen molar-refractivity contribution in [3.8, 4) is 0 Å². The Labute approximate surface area is 290 Å². The first kappa shape index (κ1) is 28.0. The molecule has 0 unspecified atom stereocenters. The molecule has 0 aliphatic carbocycles. The van der Waals surface area contributed by atoms with Gasteiger partial charge >= 0.3 is 0 Å². The van der Waals surface area contributed by atoms with Crippen LogP contribution in [-0.2, 0) is 0 Å². The Morgan fingerprint density at radius 3 is 1.59 bits per heavy atom. The maximum absolute atomic E-state index is 2.52. The van der Waals surface area contributed by atoms with Gasteiger partial charge in [-0.3, -0.25) is 0 Å². The highest BCUT2D eigenvalue weighted by molar-refractivity contribution is 7.26. The summed E-state index contributed by atoms with van der Waals surface area (Å²) in [6.07, 6.45) is 0. The van der Waals surface area contributed by atoms with Crippen LogP contribution < -0.4 is 31.1 Å². The highest BCUT2D eigenvalue weighted by Crippen LogP contribution is 2.50. The van der Waals surface area contributed by atoms with Gasteiger partial charge in [0, 0.05) is 44.5 Å². The molecule has 49 heavy (non-hydrogen) atoms. The number of nitrogens with zero attached hydrogens (tertiary/aromatic N) is 3. The highest BCUT2D eigenvalue weighted by atomic mass is 32.1. The Balaban J connectivity index is 1.36. The molecule has 3 nitrogen and oxygen atoms in total. The average Bonchev–Trinajstić information content (AvgIpc) is 3.55. The van der Waals surface area contributed by atoms with Gasteiger partial charge in [0.25, 0.3) is 6.71 Å². The Bertz CT molecular complexity index is 2420. The molecule has 0 spiro atoms. The normalized spacial score (nSPS) is 12.8. The average molecular weight is 644 g/mol. The molecule has 3 heterocycles. The molecule has 5 heteroatoms. The van der Waals surface area contributed by atoms with Crippen molar-refractivity contribution in [2.24, 2.45) is 0 Å². The Morgan fingerprint density at radius 2 is 0.939 bits per heavy atom. The van der Waals surface area contributed by atoms with Crippen LogP contribution in [0.5, 0.6) is 0 Å². The number of thiophene rings is 1. The van der Waals surface area contributed by atoms with Gasteiger partial charge in [-0.25, -0.2) is 0 Å². The van der Waals surface area contributed by atoms with Crippen molar-refractivity contribution in [3.63, 3.8) is 0 Å². The topological polar surface area (TPSA) is 9.72 Å². The lowest BCUT2D eigenvalue weighted by Crippen LogP contribution is -2.61. The highest BCUT2D eigenvalue weighted by Gasteiger charge is 2.45. The number of anilines is 9. The van der Waals surface area contributed by atoms with Crippen LogP contribution in [0.2, 0.25) is 0 Å². The van der Waals surface area contributed by atoms with Crippen LogP contribution >= 0.6 is 11.3 Å². The first-order valence-corrected chi connectivity index (χ1v) is 17.6. The second-order valence-corrected chi connectivity index (χ2v) is 13.6. The van der Waals surface area contributed by atoms with Crippen molar-refractivity contribution in [1.29, 1.82) is 0 Å². The third-order valence-corrected chi connectivity index (χ3v) is 11.0. The van der Waals surface area contributed by atoms with E-state index in [1.165, 1.54) is 48.5 Å². The van der Waals surface area contributed by atoms with Gasteiger partial charge in [0.15, 0.2) is 0 Å². The minimum Gasteiger partial charge on any atom is -0.311 e. The van der Waals surface area contributed by atoms with E-state index in [1.54, 1.807) is 0 Å². The van der Waals surface area contributed by atoms with Crippen LogP contribution in [0.25, 0.3) is 10.1 Å². The maximum Gasteiger partial charge on any atom is 0.254 e. The number of para-hydroxylation sites is 5. The summed E-state index contributed by atoms with van der Waals surface area (Å²) >= 11 is 1.89. The minimum atomic E-state index is 0.0724. The fourth-order valence-corrected chi connectivity index (χ4v) is 9.10. The molecule has 0 bridgehead atoms. The van der Waals surface area contributed by atoms with E-state index in [-0.39, 0.29) is 6.71 Å². The number of rotatable bonds is 5. The fourth-order valence-electron chi connectivity index (χ4n) is 7.82. The largest absolute Gasteiger partial charge is 0.311 e. The van der Waals surface area contributed by atoms with Crippen molar-refractivity contribution in [1.82, 2.24) is 0 Å². The molecule has 10 rings (SSSR count). The Morgan fingerprint density at radius 1 is 0.429 bits per heavy atom. The summed E-state index contributed by atoms with van der Waals surface area (Å²) in [6, 6.07) is 65.9. The first-order chi connectivity index (χ1) is 24.3. The van der Waals surface area contributed by atoms with Crippen molar-refractivity contribution in [2.75, 3.05) is 14.7 Å². The quantitative estimate of drug-likeness (QED) is 0.173. The molecule has 0 N–H and O–H groups in total. The van der Waals surface area contributed by atoms with Crippen LogP contribution in [0.1, 0.15) is 0 Å². The van der Waals surface area contributed by atoms with Gasteiger partial charge < -0.3 is 14.7 Å². The van der Waals surface area contributed by atoms with E-state index in [0.29, 0.717) is 0 Å². The van der Waals surface area contributed by atoms with Crippen LogP contribution in [0.4, 0.5) is 50.5 Å². The molecule has 2 aliphatic rings. The lowest BCUT2D eigenvalue weighted by Gasteiger charge is -2.44. The zero-order valence-electron chi connectivity index (χ0n) is 26.6. The van der Waals surface area contributed by atoms with Gasteiger partial charge in [-0.1, -0.05) is 109 Å². The monoisotopic (exact) mass is 643 g/mol. The summed E-state index contributed by atoms with van der Waals surface area (Å²) in [5, 5.41) is 2.61. The zero-order chi connectivity index (χ0) is 32.3. The van der Waals surface area contributed by atoms with Gasteiger partial charge in [-0.2, -0.15) is 0 Å². The molecule has 0 amide bonds. The lowest BCUT2D eigenvalue weighted by molar-refractivity contribution is 1.23. The molecule has 7 aromatic carbocycles. The van der Waals surface area contributed by atoms with E-state index in [9.17, 15) is 0 Å². The molecule has 230 valence electrons. The second kappa shape index (κ2) is 11.3. The van der Waals surface area contributed by atoms with Crippen LogP contribution in [0, 0.1) is 0 Å². The first-order valence-electron chi connectivity index (χ1n) is 16.7. The molecule has 8 aromatic rings. The van der Waals surface area contributed by atoms with Crippen LogP contribution in [0.3, 0.4) is 0 Å². The minimum absolute atomic E-state index is 0.0724. The number of benzene rings is 7. The fraction of sp³-hybridized carbons (Fsp3) is 0. The van der Waals surface area contributed by atoms with E-state index in [4.69, 9.17) is 0 Å². The Hall–Kier alpha value is -6.04. The molecular weight excluding hydrogens is 613 g/mol. The lowest BCUT2D eigenvalue weighted by atomic mass is 9.33. The van der Waals surface area contributed by atoms with Crippen molar-refractivity contribution < 1.29 is 0 Å². The van der Waals surface area contributed by atoms with Gasteiger partial charge in [0.05, 0.1) is 10.7 Å². The summed E-state index contributed by atoms with van der Waals surface area (Å²) in [6.45, 7) is 0.0724. The molecule has 2 aliphatic heterocycles. The predicted molar refractivity (Wildman–Crippen MR) is 211 cm³/mol. The molecular formula is C44H30BN3S. The standard InChI is InChI=1S/C44H30BN3S/c1-5-17-31(18-6-1)46(32-19-7-2-8-20-32)35-29-39-43-40(30-35)48(34-23-11-4-12-24-34)44-42(36-25-13-16-28-41(36)49-44)45(43)37-26-14-15-27-38(37)47(39)33-21-9-3-10-22-33/h1-30H. The smallest absolute Gasteiger partial charge is 0.254 e. The third kappa shape index (κ3) is 4.36. The van der Waals surface area contributed by atoms with Crippen molar-refractivity contribution >= 4 is 95.0 Å². The molecule has 0 atom stereocenters. The number of fused-ring (bicyclic) bond motifs is 6. The molecule has 0 fully saturated rings. The zero-order valence-corrected chi connectivity index (χ0v) is 27.5. The van der Waals surface area contributed by atoms with E-state index in [1.807, 2.05) is 11.3 Å². The summed E-state index contributed by atoms with van der Waals surface area (Å²) in [5.74, 6) is 0. The van der Waals surface area contributed by atoms with Crippen molar-refractivity contribution in [3.05, 3.63) is 182 Å². The molecule has 0 saturated heterocycles. The van der Waals surface area contributed by atoms with Crippen LogP contribution in [0.15, 0.2) is 182 Å². The summed E-state index contributed by atoms with van der Waals surface area (Å²) in [4.78, 5) is 7.38. The summed E-state index contributed by atoms with van der Waals surface area (Å²) in [5.41, 5.74) is 13.3. The van der Waals surface area contributed by atoms with Gasteiger partial charge in [-0.05, 0) is 94.6 Å². The molecule has 0 radical (unpaired) electrons. The third-order valence-electron chi connectivity index (χ3n) is 9.80. The Kier molecular flexibility index (Phi) is 6.46. The maximum atomic E-state index is 2.52. The van der Waals surface area contributed by atoms with Crippen molar-refractivity contribution in [2.45, 2.75) is 0 Å². The number of hydrogen-bond donors (Lipinski definition) is 0. The van der Waals surface area contributed by atoms with Crippen LogP contribution in [-0.4, -0.2) is 6.71 Å². The number of hydrogen-bond acceptors (Lipinski definition) is 4. The van der Waals surface area contributed by atoms with E-state index < -0.39 is 0 Å². The van der Waals surface area contributed by atoms with E-state index in [2.05, 4.69) is 197 Å². The molecule has 0 saturated carbocycles. The van der Waals surface area contributed by atoms with Gasteiger partial charge in [-0.15, -0.1) is 11.3 Å². The SMILES string of the molecule is c1ccc(N(c2ccccc2)c2cc3c4c(c2)N(c2ccccc2)c2sc5ccccc5c2B4c2ccccc2N3c2ccccc2)cc1. The molecule has 1 aromatic heterocycles. The summed E-state index contributed by atoms with van der Waals surface area (Å²) < 4.78 is 1.31.